The van der Waals surface area contributed by atoms with Crippen LogP contribution >= 0.6 is 23.1 Å². The smallest absolute Gasteiger partial charge is 0.268 e. The number of hydrogen-bond donors (Lipinski definition) is 1. The molecule has 0 bridgehead atoms. The molecule has 4 rings (SSSR count). The number of thioether (sulfide) groups is 1. The minimum atomic E-state index is -0.203. The van der Waals surface area contributed by atoms with Crippen LogP contribution in [-0.2, 0) is 11.3 Å². The number of pyridine rings is 1. The molecule has 0 atom stereocenters. The van der Waals surface area contributed by atoms with Crippen LogP contribution in [0.5, 0.6) is 0 Å². The van der Waals surface area contributed by atoms with Crippen LogP contribution in [0, 0.1) is 0 Å². The van der Waals surface area contributed by atoms with E-state index in [1.165, 1.54) is 16.3 Å². The number of fused-ring (bicyclic) bond motifs is 1. The molecule has 28 heavy (non-hydrogen) atoms. The van der Waals surface area contributed by atoms with Crippen molar-refractivity contribution in [1.82, 2.24) is 19.9 Å². The third kappa shape index (κ3) is 3.97. The Kier molecular flexibility index (Phi) is 5.50. The fourth-order valence-electron chi connectivity index (χ4n) is 2.68. The van der Waals surface area contributed by atoms with Crippen molar-refractivity contribution in [1.29, 1.82) is 0 Å². The van der Waals surface area contributed by atoms with Crippen molar-refractivity contribution < 1.29 is 4.79 Å². The van der Waals surface area contributed by atoms with Gasteiger partial charge in [0, 0.05) is 11.1 Å². The maximum absolute atomic E-state index is 13.0. The molecule has 1 aromatic carbocycles. The van der Waals surface area contributed by atoms with Crippen LogP contribution in [0.3, 0.4) is 0 Å². The molecule has 1 amide bonds. The topological polar surface area (TPSA) is 76.9 Å². The van der Waals surface area contributed by atoms with Gasteiger partial charge in [-0.05, 0) is 35.7 Å². The summed E-state index contributed by atoms with van der Waals surface area (Å²) in [6.45, 7) is 0.495. The number of amides is 1. The molecule has 0 saturated heterocycles. The Morgan fingerprint density at radius 1 is 1.11 bits per heavy atom. The Morgan fingerprint density at radius 2 is 1.96 bits per heavy atom. The van der Waals surface area contributed by atoms with E-state index in [1.54, 1.807) is 29.7 Å². The number of para-hydroxylation sites is 1. The van der Waals surface area contributed by atoms with Gasteiger partial charge >= 0.3 is 0 Å². The standard InChI is InChI=1S/C20H16N4O2S2/c25-17(22-12-15-8-5-11-27-15)13-28-20-23-18-16(9-4-10-21-18)19(26)24(20)14-6-2-1-3-7-14/h1-11H,12-13H2,(H,22,25). The predicted molar refractivity (Wildman–Crippen MR) is 112 cm³/mol. The number of carbonyl (C=O) groups excluding carboxylic acids is 1. The molecule has 0 aliphatic carbocycles. The van der Waals surface area contributed by atoms with Gasteiger partial charge in [-0.2, -0.15) is 0 Å². The van der Waals surface area contributed by atoms with Gasteiger partial charge in [-0.25, -0.2) is 9.97 Å². The largest absolute Gasteiger partial charge is 0.350 e. The van der Waals surface area contributed by atoms with Crippen molar-refractivity contribution >= 4 is 40.0 Å². The summed E-state index contributed by atoms with van der Waals surface area (Å²) in [7, 11) is 0. The molecule has 4 aromatic rings. The van der Waals surface area contributed by atoms with Crippen molar-refractivity contribution in [3.8, 4) is 5.69 Å². The monoisotopic (exact) mass is 408 g/mol. The highest BCUT2D eigenvalue weighted by Gasteiger charge is 2.15. The van der Waals surface area contributed by atoms with Crippen molar-refractivity contribution in [2.75, 3.05) is 5.75 Å². The normalized spacial score (nSPS) is 10.9. The van der Waals surface area contributed by atoms with E-state index in [0.717, 1.165) is 4.88 Å². The summed E-state index contributed by atoms with van der Waals surface area (Å²) < 4.78 is 1.53. The summed E-state index contributed by atoms with van der Waals surface area (Å²) in [6, 6.07) is 16.6. The molecule has 0 radical (unpaired) electrons. The molecule has 3 aromatic heterocycles. The molecule has 0 spiro atoms. The Bertz CT molecular complexity index is 1160. The van der Waals surface area contributed by atoms with E-state index >= 15 is 0 Å². The number of nitrogens with one attached hydrogen (secondary N) is 1. The van der Waals surface area contributed by atoms with Gasteiger partial charge in [0.05, 0.1) is 23.4 Å². The number of nitrogens with zero attached hydrogens (tertiary/aromatic N) is 3. The SMILES string of the molecule is O=C(CSc1nc2ncccc2c(=O)n1-c1ccccc1)NCc1cccs1. The van der Waals surface area contributed by atoms with Gasteiger partial charge in [-0.1, -0.05) is 36.0 Å². The molecule has 0 fully saturated rings. The Balaban J connectivity index is 1.62. The summed E-state index contributed by atoms with van der Waals surface area (Å²) in [5.41, 5.74) is 0.874. The second-order valence-corrected chi connectivity index (χ2v) is 7.86. The number of rotatable bonds is 6. The van der Waals surface area contributed by atoms with Gasteiger partial charge in [0.15, 0.2) is 10.8 Å². The predicted octanol–water partition coefficient (Wildman–Crippen LogP) is 3.25. The first kappa shape index (κ1) is 18.4. The Morgan fingerprint density at radius 3 is 2.75 bits per heavy atom. The zero-order chi connectivity index (χ0) is 19.3. The molecular formula is C20H16N4O2S2. The van der Waals surface area contributed by atoms with E-state index in [0.29, 0.717) is 28.4 Å². The minimum Gasteiger partial charge on any atom is -0.350 e. The van der Waals surface area contributed by atoms with Crippen LogP contribution in [0.1, 0.15) is 4.88 Å². The number of carbonyl (C=O) groups is 1. The quantitative estimate of drug-likeness (QED) is 0.391. The van der Waals surface area contributed by atoms with E-state index < -0.39 is 0 Å². The van der Waals surface area contributed by atoms with Crippen LogP contribution in [0.15, 0.2) is 76.1 Å². The van der Waals surface area contributed by atoms with Gasteiger partial charge in [0.25, 0.3) is 5.56 Å². The third-order valence-electron chi connectivity index (χ3n) is 4.00. The van der Waals surface area contributed by atoms with Crippen LogP contribution in [0.4, 0.5) is 0 Å². The average Bonchev–Trinajstić information content (AvgIpc) is 3.25. The third-order valence-corrected chi connectivity index (χ3v) is 5.81. The number of benzene rings is 1. The molecule has 0 aliphatic rings. The van der Waals surface area contributed by atoms with Crippen LogP contribution < -0.4 is 10.9 Å². The first-order valence-electron chi connectivity index (χ1n) is 8.57. The fourth-order valence-corrected chi connectivity index (χ4v) is 4.16. The molecule has 0 unspecified atom stereocenters. The van der Waals surface area contributed by atoms with Gasteiger partial charge in [-0.15, -0.1) is 11.3 Å². The zero-order valence-corrected chi connectivity index (χ0v) is 16.4. The van der Waals surface area contributed by atoms with Crippen molar-refractivity contribution in [3.05, 3.63) is 81.4 Å². The number of hydrogen-bond acceptors (Lipinski definition) is 6. The molecule has 0 aliphatic heterocycles. The highest BCUT2D eigenvalue weighted by molar-refractivity contribution is 7.99. The van der Waals surface area contributed by atoms with Crippen molar-refractivity contribution in [3.63, 3.8) is 0 Å². The molecule has 6 nitrogen and oxygen atoms in total. The highest BCUT2D eigenvalue weighted by atomic mass is 32.2. The van der Waals surface area contributed by atoms with Gasteiger partial charge in [-0.3, -0.25) is 14.2 Å². The van der Waals surface area contributed by atoms with Crippen molar-refractivity contribution in [2.45, 2.75) is 11.7 Å². The van der Waals surface area contributed by atoms with Gasteiger partial charge in [0.1, 0.15) is 0 Å². The van der Waals surface area contributed by atoms with E-state index in [-0.39, 0.29) is 17.2 Å². The van der Waals surface area contributed by atoms with E-state index in [4.69, 9.17) is 0 Å². The highest BCUT2D eigenvalue weighted by Crippen LogP contribution is 2.20. The van der Waals surface area contributed by atoms with E-state index in [2.05, 4.69) is 15.3 Å². The summed E-state index contributed by atoms with van der Waals surface area (Å²) in [5.74, 6) is 0.0385. The van der Waals surface area contributed by atoms with Crippen molar-refractivity contribution in [2.24, 2.45) is 0 Å². The van der Waals surface area contributed by atoms with E-state index in [1.807, 2.05) is 47.8 Å². The lowest BCUT2D eigenvalue weighted by atomic mass is 10.3. The molecular weight excluding hydrogens is 392 g/mol. The lowest BCUT2D eigenvalue weighted by molar-refractivity contribution is -0.118. The second kappa shape index (κ2) is 8.37. The van der Waals surface area contributed by atoms with E-state index in [9.17, 15) is 9.59 Å². The summed E-state index contributed by atoms with van der Waals surface area (Å²) in [6.07, 6.45) is 1.60. The molecule has 8 heteroatoms. The molecule has 140 valence electrons. The second-order valence-electron chi connectivity index (χ2n) is 5.89. The fraction of sp³-hybridized carbons (Fsp3) is 0.100. The average molecular weight is 409 g/mol. The van der Waals surface area contributed by atoms with Crippen LogP contribution in [0.2, 0.25) is 0 Å². The lowest BCUT2D eigenvalue weighted by Gasteiger charge is -2.12. The summed E-state index contributed by atoms with van der Waals surface area (Å²) in [4.78, 5) is 35.1. The van der Waals surface area contributed by atoms with Gasteiger partial charge in [0.2, 0.25) is 5.91 Å². The maximum Gasteiger partial charge on any atom is 0.268 e. The Hall–Kier alpha value is -2.97. The molecule has 1 N–H and O–H groups in total. The number of thiophene rings is 1. The van der Waals surface area contributed by atoms with Crippen LogP contribution in [0.25, 0.3) is 16.7 Å². The lowest BCUT2D eigenvalue weighted by Crippen LogP contribution is -2.26. The Labute approximate surface area is 169 Å². The van der Waals surface area contributed by atoms with Crippen LogP contribution in [-0.4, -0.2) is 26.2 Å². The first-order valence-corrected chi connectivity index (χ1v) is 10.4. The summed E-state index contributed by atoms with van der Waals surface area (Å²) in [5, 5.41) is 5.74. The molecule has 0 saturated carbocycles. The summed E-state index contributed by atoms with van der Waals surface area (Å²) >= 11 is 2.81. The first-order chi connectivity index (χ1) is 13.7. The number of aromatic nitrogens is 3. The zero-order valence-electron chi connectivity index (χ0n) is 14.7. The molecule has 3 heterocycles. The minimum absolute atomic E-state index is 0.117. The maximum atomic E-state index is 13.0. The van der Waals surface area contributed by atoms with Gasteiger partial charge < -0.3 is 5.32 Å².